The molecule has 0 radical (unpaired) electrons. The molecular weight excluding hydrogens is 192 g/mol. The fourth-order valence-corrected chi connectivity index (χ4v) is 3.55. The summed E-state index contributed by atoms with van der Waals surface area (Å²) < 4.78 is 0. The van der Waals surface area contributed by atoms with E-state index in [9.17, 15) is 9.90 Å². The number of carboxylic acid groups (broad SMARTS) is 1. The van der Waals surface area contributed by atoms with E-state index in [-0.39, 0.29) is 10.8 Å². The number of hydrazone groups is 1. The molecule has 0 heterocycles. The summed E-state index contributed by atoms with van der Waals surface area (Å²) in [5.74, 6) is 4.68. The van der Waals surface area contributed by atoms with Crippen LogP contribution in [0.1, 0.15) is 40.0 Å². The number of carbonyl (C=O) groups is 1. The molecule has 0 unspecified atom stereocenters. The van der Waals surface area contributed by atoms with Crippen LogP contribution in [-0.2, 0) is 4.79 Å². The lowest BCUT2D eigenvalue weighted by atomic mass is 9.65. The molecule has 2 fully saturated rings. The Morgan fingerprint density at radius 1 is 1.40 bits per heavy atom. The second-order valence-electron chi connectivity index (χ2n) is 5.60. The van der Waals surface area contributed by atoms with E-state index in [1.807, 2.05) is 13.8 Å². The highest BCUT2D eigenvalue weighted by Crippen LogP contribution is 2.70. The minimum Gasteiger partial charge on any atom is -0.481 e. The van der Waals surface area contributed by atoms with Crippen LogP contribution in [0.15, 0.2) is 5.10 Å². The summed E-state index contributed by atoms with van der Waals surface area (Å²) in [6, 6.07) is 0. The van der Waals surface area contributed by atoms with Crippen LogP contribution < -0.4 is 5.84 Å². The number of nitrogens with two attached hydrogens (primary N) is 1. The van der Waals surface area contributed by atoms with E-state index in [0.717, 1.165) is 18.6 Å². The normalized spacial score (nSPS) is 44.9. The average molecular weight is 210 g/mol. The van der Waals surface area contributed by atoms with Crippen LogP contribution in [0.25, 0.3) is 0 Å². The fraction of sp³-hybridized carbons (Fsp3) is 0.818. The quantitative estimate of drug-likeness (QED) is 0.510. The third kappa shape index (κ3) is 0.840. The van der Waals surface area contributed by atoms with Crippen LogP contribution in [0.2, 0.25) is 0 Å². The van der Waals surface area contributed by atoms with Crippen molar-refractivity contribution in [2.24, 2.45) is 27.2 Å². The van der Waals surface area contributed by atoms with Crippen molar-refractivity contribution in [3.63, 3.8) is 0 Å². The highest BCUT2D eigenvalue weighted by molar-refractivity contribution is 6.00. The molecule has 2 saturated carbocycles. The van der Waals surface area contributed by atoms with Crippen LogP contribution in [0.3, 0.4) is 0 Å². The second kappa shape index (κ2) is 2.54. The van der Waals surface area contributed by atoms with E-state index >= 15 is 0 Å². The summed E-state index contributed by atoms with van der Waals surface area (Å²) in [5, 5.41) is 13.3. The lowest BCUT2D eigenvalue weighted by Gasteiger charge is -2.37. The number of fused-ring (bicyclic) bond motifs is 2. The van der Waals surface area contributed by atoms with Crippen molar-refractivity contribution in [3.8, 4) is 0 Å². The summed E-state index contributed by atoms with van der Waals surface area (Å²) in [6.45, 7) is 6.16. The maximum absolute atomic E-state index is 11.5. The first-order chi connectivity index (χ1) is 6.82. The molecule has 2 aliphatic rings. The fourth-order valence-electron chi connectivity index (χ4n) is 3.55. The topological polar surface area (TPSA) is 75.7 Å². The first-order valence-electron chi connectivity index (χ1n) is 5.32. The largest absolute Gasteiger partial charge is 0.481 e. The highest BCUT2D eigenvalue weighted by Gasteiger charge is 2.71. The third-order valence-electron chi connectivity index (χ3n) is 5.30. The molecule has 0 aromatic rings. The van der Waals surface area contributed by atoms with Gasteiger partial charge in [-0.05, 0) is 18.3 Å². The van der Waals surface area contributed by atoms with Gasteiger partial charge in [0.05, 0.1) is 5.41 Å². The van der Waals surface area contributed by atoms with E-state index in [0.29, 0.717) is 6.42 Å². The van der Waals surface area contributed by atoms with Crippen LogP contribution in [0.4, 0.5) is 0 Å². The lowest BCUT2D eigenvalue weighted by molar-refractivity contribution is -0.154. The zero-order valence-electron chi connectivity index (χ0n) is 9.50. The van der Waals surface area contributed by atoms with Crippen LogP contribution >= 0.6 is 0 Å². The molecule has 3 N–H and O–H groups in total. The van der Waals surface area contributed by atoms with Crippen molar-refractivity contribution in [2.75, 3.05) is 0 Å². The molecule has 4 heteroatoms. The Labute approximate surface area is 89.5 Å². The van der Waals surface area contributed by atoms with Gasteiger partial charge < -0.3 is 10.9 Å². The predicted octanol–water partition coefficient (Wildman–Crippen LogP) is 1.60. The molecule has 2 bridgehead atoms. The van der Waals surface area contributed by atoms with Crippen LogP contribution in [-0.4, -0.2) is 16.8 Å². The van der Waals surface area contributed by atoms with Gasteiger partial charge in [-0.2, -0.15) is 5.10 Å². The van der Waals surface area contributed by atoms with Crippen molar-refractivity contribution >= 4 is 11.7 Å². The van der Waals surface area contributed by atoms with E-state index < -0.39 is 11.4 Å². The Morgan fingerprint density at radius 3 is 2.33 bits per heavy atom. The monoisotopic (exact) mass is 210 g/mol. The van der Waals surface area contributed by atoms with Crippen molar-refractivity contribution in [3.05, 3.63) is 0 Å². The number of hydrogen-bond donors (Lipinski definition) is 2. The minimum atomic E-state index is -0.699. The lowest BCUT2D eigenvalue weighted by Crippen LogP contribution is -2.40. The van der Waals surface area contributed by atoms with E-state index in [1.54, 1.807) is 0 Å². The summed E-state index contributed by atoms with van der Waals surface area (Å²) >= 11 is 0. The smallest absolute Gasteiger partial charge is 0.310 e. The van der Waals surface area contributed by atoms with Crippen LogP contribution in [0, 0.1) is 16.2 Å². The molecule has 0 aliphatic heterocycles. The maximum atomic E-state index is 11.5. The molecular formula is C11H18N2O2. The zero-order chi connectivity index (χ0) is 11.5. The Bertz CT molecular complexity index is 362. The second-order valence-corrected chi connectivity index (χ2v) is 5.60. The summed E-state index contributed by atoms with van der Waals surface area (Å²) in [7, 11) is 0. The summed E-state index contributed by atoms with van der Waals surface area (Å²) in [5.41, 5.74) is -0.175. The Kier molecular flexibility index (Phi) is 1.77. The van der Waals surface area contributed by atoms with Gasteiger partial charge in [0.15, 0.2) is 0 Å². The molecule has 4 nitrogen and oxygen atoms in total. The number of aliphatic carboxylic acids is 1. The molecule has 0 aromatic heterocycles. The van der Waals surface area contributed by atoms with Gasteiger partial charge in [0.1, 0.15) is 0 Å². The maximum Gasteiger partial charge on any atom is 0.310 e. The van der Waals surface area contributed by atoms with Gasteiger partial charge in [-0.15, -0.1) is 0 Å². The first kappa shape index (κ1) is 10.5. The van der Waals surface area contributed by atoms with Gasteiger partial charge in [0.25, 0.3) is 0 Å². The molecule has 0 spiro atoms. The molecule has 15 heavy (non-hydrogen) atoms. The molecule has 2 aliphatic carbocycles. The Balaban J connectivity index is 2.61. The summed E-state index contributed by atoms with van der Waals surface area (Å²) in [4.78, 5) is 11.5. The van der Waals surface area contributed by atoms with Gasteiger partial charge in [0, 0.05) is 17.5 Å². The van der Waals surface area contributed by atoms with Crippen molar-refractivity contribution in [1.29, 1.82) is 0 Å². The number of carboxylic acids is 1. The number of rotatable bonds is 1. The minimum absolute atomic E-state index is 0.139. The van der Waals surface area contributed by atoms with Gasteiger partial charge in [0.2, 0.25) is 0 Å². The molecule has 0 aromatic carbocycles. The van der Waals surface area contributed by atoms with E-state index in [1.165, 1.54) is 0 Å². The molecule has 0 amide bonds. The summed E-state index contributed by atoms with van der Waals surface area (Å²) in [6.07, 6.45) is 2.13. The first-order valence-corrected chi connectivity index (χ1v) is 5.32. The highest BCUT2D eigenvalue weighted by atomic mass is 16.4. The van der Waals surface area contributed by atoms with Crippen molar-refractivity contribution in [1.82, 2.24) is 0 Å². The van der Waals surface area contributed by atoms with Gasteiger partial charge in [-0.1, -0.05) is 20.8 Å². The molecule has 2 atom stereocenters. The molecule has 2 rings (SSSR count). The number of hydrogen-bond acceptors (Lipinski definition) is 3. The van der Waals surface area contributed by atoms with Gasteiger partial charge in [-0.3, -0.25) is 4.79 Å². The van der Waals surface area contributed by atoms with E-state index in [4.69, 9.17) is 5.84 Å². The van der Waals surface area contributed by atoms with Crippen molar-refractivity contribution < 1.29 is 9.90 Å². The zero-order valence-corrected chi connectivity index (χ0v) is 9.50. The van der Waals surface area contributed by atoms with Crippen LogP contribution in [0.5, 0.6) is 0 Å². The van der Waals surface area contributed by atoms with Gasteiger partial charge >= 0.3 is 5.97 Å². The Hall–Kier alpha value is -1.06. The van der Waals surface area contributed by atoms with E-state index in [2.05, 4.69) is 12.0 Å². The Morgan fingerprint density at radius 2 is 2.00 bits per heavy atom. The SMILES string of the molecule is CC1(C)[C@@]2(C(=O)O)CC[C@]1(C)C(=NN)C2. The molecule has 84 valence electrons. The van der Waals surface area contributed by atoms with Gasteiger partial charge in [-0.25, -0.2) is 0 Å². The third-order valence-corrected chi connectivity index (χ3v) is 5.30. The standard InChI is InChI=1S/C11H18N2O2/c1-9(2)10(3)4-5-11(9,8(14)15)6-7(10)13-12/h4-6,12H2,1-3H3,(H,14,15)/t10-,11+/m1/s1. The number of nitrogens with zero attached hydrogens (tertiary/aromatic N) is 1. The average Bonchev–Trinajstić information content (AvgIpc) is 2.46. The molecule has 0 saturated heterocycles. The predicted molar refractivity (Wildman–Crippen MR) is 57.4 cm³/mol. The van der Waals surface area contributed by atoms with Crippen molar-refractivity contribution in [2.45, 2.75) is 40.0 Å².